The third kappa shape index (κ3) is 3.65. The zero-order valence-electron chi connectivity index (χ0n) is 16.9. The predicted octanol–water partition coefficient (Wildman–Crippen LogP) is 4.43. The van der Waals surface area contributed by atoms with Crippen LogP contribution in [-0.2, 0) is 4.79 Å². The minimum atomic E-state index is -0.00984. The number of carbonyl (C=O) groups excluding carboxylic acids is 2. The van der Waals surface area contributed by atoms with Crippen molar-refractivity contribution in [3.63, 3.8) is 0 Å². The van der Waals surface area contributed by atoms with Crippen molar-refractivity contribution in [2.75, 3.05) is 13.6 Å². The molecule has 1 aromatic carbocycles. The highest BCUT2D eigenvalue weighted by Gasteiger charge is 2.34. The molecule has 1 heterocycles. The fraction of sp³-hybridized carbons (Fsp3) is 0.333. The summed E-state index contributed by atoms with van der Waals surface area (Å²) in [6, 6.07) is 15.6. The van der Waals surface area contributed by atoms with Gasteiger partial charge in [0.2, 0.25) is 5.91 Å². The molecule has 1 aliphatic heterocycles. The lowest BCUT2D eigenvalue weighted by Crippen LogP contribution is -2.37. The number of hydrogen-bond acceptors (Lipinski definition) is 3. The third-order valence-electron chi connectivity index (χ3n) is 5.94. The van der Waals surface area contributed by atoms with Gasteiger partial charge < -0.3 is 14.6 Å². The Kier molecular flexibility index (Phi) is 5.38. The molecule has 4 rings (SSSR count). The molecule has 2 atom stereocenters. The summed E-state index contributed by atoms with van der Waals surface area (Å²) in [5.74, 6) is 0.886. The summed E-state index contributed by atoms with van der Waals surface area (Å²) in [4.78, 5) is 27.4. The summed E-state index contributed by atoms with van der Waals surface area (Å²) in [6.45, 7) is 2.57. The van der Waals surface area contributed by atoms with Gasteiger partial charge in [0.25, 0.3) is 5.91 Å². The maximum Gasteiger partial charge on any atom is 0.254 e. The quantitative estimate of drug-likeness (QED) is 0.701. The molecule has 1 aromatic rings. The first-order chi connectivity index (χ1) is 14.1. The van der Waals surface area contributed by atoms with E-state index >= 15 is 0 Å². The second kappa shape index (κ2) is 8.11. The lowest BCUT2D eigenvalue weighted by atomic mass is 9.97. The molecule has 29 heavy (non-hydrogen) atoms. The molecular formula is C24H26N2O3. The Bertz CT molecular complexity index is 993. The number of fused-ring (bicyclic) bond motifs is 1. The van der Waals surface area contributed by atoms with Gasteiger partial charge in [0, 0.05) is 36.7 Å². The zero-order chi connectivity index (χ0) is 20.4. The standard InChI is InChI=1S/C24H26N2O3/c1-3-25-23(27)16-10-11-17(15-16)26(2)24(28)21-8-5-4-7-18(21)19-12-13-22-20(19)9-6-14-29-22/h4-9,12-14,16-17H,3,10-11,15H2,1-2H3,(H,25,27)/t16-,17+/m0/s1. The molecule has 5 heteroatoms. The highest BCUT2D eigenvalue weighted by Crippen LogP contribution is 2.38. The van der Waals surface area contributed by atoms with Crippen LogP contribution in [0.15, 0.2) is 59.2 Å². The average Bonchev–Trinajstić information content (AvgIpc) is 3.40. The Balaban J connectivity index is 1.58. The van der Waals surface area contributed by atoms with E-state index in [9.17, 15) is 9.59 Å². The molecule has 0 spiro atoms. The van der Waals surface area contributed by atoms with Crippen LogP contribution in [0.2, 0.25) is 0 Å². The second-order valence-electron chi connectivity index (χ2n) is 7.66. The molecule has 2 aliphatic carbocycles. The lowest BCUT2D eigenvalue weighted by molar-refractivity contribution is -0.124. The van der Waals surface area contributed by atoms with E-state index in [4.69, 9.17) is 4.42 Å². The van der Waals surface area contributed by atoms with E-state index in [1.165, 1.54) is 0 Å². The summed E-state index contributed by atoms with van der Waals surface area (Å²) in [7, 11) is 1.85. The Morgan fingerprint density at radius 2 is 1.83 bits per heavy atom. The summed E-state index contributed by atoms with van der Waals surface area (Å²) in [5, 5.41) is 2.90. The third-order valence-corrected chi connectivity index (χ3v) is 5.94. The predicted molar refractivity (Wildman–Crippen MR) is 113 cm³/mol. The highest BCUT2D eigenvalue weighted by molar-refractivity contribution is 6.03. The van der Waals surface area contributed by atoms with Gasteiger partial charge in [-0.1, -0.05) is 18.2 Å². The SMILES string of the molecule is CCNC(=O)[C@H]1CC[C@@H](N(C)C(=O)c2ccccc2-c2ccc3occcc2-3)C1. The molecule has 5 nitrogen and oxygen atoms in total. The van der Waals surface area contributed by atoms with Crippen LogP contribution in [0.5, 0.6) is 0 Å². The molecule has 150 valence electrons. The molecule has 0 bridgehead atoms. The van der Waals surface area contributed by atoms with Gasteiger partial charge in [-0.05, 0) is 67.6 Å². The smallest absolute Gasteiger partial charge is 0.254 e. The van der Waals surface area contributed by atoms with E-state index in [0.717, 1.165) is 35.3 Å². The van der Waals surface area contributed by atoms with E-state index < -0.39 is 0 Å². The Morgan fingerprint density at radius 3 is 2.66 bits per heavy atom. The molecular weight excluding hydrogens is 364 g/mol. The van der Waals surface area contributed by atoms with Gasteiger partial charge in [-0.3, -0.25) is 9.59 Å². The number of hydrogen-bond donors (Lipinski definition) is 1. The molecule has 0 saturated heterocycles. The van der Waals surface area contributed by atoms with Gasteiger partial charge in [0.15, 0.2) is 0 Å². The first-order valence-electron chi connectivity index (χ1n) is 10.2. The van der Waals surface area contributed by atoms with Gasteiger partial charge in [0.05, 0.1) is 6.26 Å². The van der Waals surface area contributed by atoms with Crippen molar-refractivity contribution in [2.45, 2.75) is 32.2 Å². The van der Waals surface area contributed by atoms with Crippen molar-refractivity contribution in [3.8, 4) is 22.5 Å². The zero-order valence-corrected chi connectivity index (χ0v) is 16.9. The maximum atomic E-state index is 13.4. The fourth-order valence-corrected chi connectivity index (χ4v) is 4.36. The van der Waals surface area contributed by atoms with E-state index in [0.29, 0.717) is 18.5 Å². The Hall–Kier alpha value is -3.08. The molecule has 1 N–H and O–H groups in total. The first-order valence-corrected chi connectivity index (χ1v) is 10.2. The van der Waals surface area contributed by atoms with Crippen molar-refractivity contribution in [1.29, 1.82) is 0 Å². The van der Waals surface area contributed by atoms with Gasteiger partial charge in [-0.15, -0.1) is 0 Å². The fourth-order valence-electron chi connectivity index (χ4n) is 4.36. The van der Waals surface area contributed by atoms with Crippen LogP contribution in [-0.4, -0.2) is 36.3 Å². The molecule has 0 unspecified atom stereocenters. The van der Waals surface area contributed by atoms with E-state index in [1.54, 1.807) is 6.26 Å². The molecule has 0 aromatic heterocycles. The number of carbonyl (C=O) groups is 2. The minimum absolute atomic E-state index is 0.00827. The van der Waals surface area contributed by atoms with Crippen LogP contribution in [0.4, 0.5) is 0 Å². The number of nitrogens with zero attached hydrogens (tertiary/aromatic N) is 1. The number of nitrogens with one attached hydrogen (secondary N) is 1. The topological polar surface area (TPSA) is 62.6 Å². The summed E-state index contributed by atoms with van der Waals surface area (Å²) < 4.78 is 5.56. The number of amides is 2. The second-order valence-corrected chi connectivity index (χ2v) is 7.66. The van der Waals surface area contributed by atoms with Crippen LogP contribution in [0.25, 0.3) is 22.5 Å². The molecule has 1 fully saturated rings. The van der Waals surface area contributed by atoms with Crippen LogP contribution in [0.1, 0.15) is 36.5 Å². The Morgan fingerprint density at radius 1 is 1.03 bits per heavy atom. The monoisotopic (exact) mass is 390 g/mol. The summed E-state index contributed by atoms with van der Waals surface area (Å²) in [5.41, 5.74) is 3.56. The first kappa shape index (κ1) is 19.2. The van der Waals surface area contributed by atoms with Crippen LogP contribution < -0.4 is 5.32 Å². The summed E-state index contributed by atoms with van der Waals surface area (Å²) >= 11 is 0. The molecule has 2 amide bonds. The van der Waals surface area contributed by atoms with Crippen molar-refractivity contribution in [2.24, 2.45) is 5.92 Å². The highest BCUT2D eigenvalue weighted by atomic mass is 16.3. The van der Waals surface area contributed by atoms with Crippen molar-refractivity contribution in [1.82, 2.24) is 10.2 Å². The lowest BCUT2D eigenvalue weighted by Gasteiger charge is -2.26. The summed E-state index contributed by atoms with van der Waals surface area (Å²) in [6.07, 6.45) is 4.05. The van der Waals surface area contributed by atoms with Gasteiger partial charge in [-0.2, -0.15) is 0 Å². The molecule has 0 radical (unpaired) electrons. The van der Waals surface area contributed by atoms with Gasteiger partial charge in [0.1, 0.15) is 5.76 Å². The van der Waals surface area contributed by atoms with Crippen LogP contribution in [0, 0.1) is 5.92 Å². The van der Waals surface area contributed by atoms with Crippen molar-refractivity contribution >= 4 is 11.8 Å². The van der Waals surface area contributed by atoms with Gasteiger partial charge >= 0.3 is 0 Å². The Labute approximate surface area is 171 Å². The number of benzene rings is 1. The number of rotatable bonds is 5. The van der Waals surface area contributed by atoms with Crippen LogP contribution in [0.3, 0.4) is 0 Å². The van der Waals surface area contributed by atoms with E-state index in [2.05, 4.69) is 5.32 Å². The molecule has 1 saturated carbocycles. The van der Waals surface area contributed by atoms with E-state index in [1.807, 2.05) is 67.4 Å². The largest absolute Gasteiger partial charge is 0.464 e. The van der Waals surface area contributed by atoms with Crippen LogP contribution >= 0.6 is 0 Å². The van der Waals surface area contributed by atoms with Crippen molar-refractivity contribution in [3.05, 3.63) is 60.4 Å². The minimum Gasteiger partial charge on any atom is -0.464 e. The average molecular weight is 390 g/mol. The molecule has 3 aliphatic rings. The van der Waals surface area contributed by atoms with Crippen molar-refractivity contribution < 1.29 is 14.0 Å². The van der Waals surface area contributed by atoms with E-state index in [-0.39, 0.29) is 23.8 Å². The van der Waals surface area contributed by atoms with Gasteiger partial charge in [-0.25, -0.2) is 0 Å². The normalized spacial score (nSPS) is 18.7. The maximum absolute atomic E-state index is 13.4.